The van der Waals surface area contributed by atoms with Gasteiger partial charge in [0, 0.05) is 25.5 Å². The average molecular weight is 321 g/mol. The van der Waals surface area contributed by atoms with Gasteiger partial charge in [-0.25, -0.2) is 0 Å². The first-order valence-corrected chi connectivity index (χ1v) is 8.45. The van der Waals surface area contributed by atoms with Gasteiger partial charge in [-0.05, 0) is 40.5 Å². The zero-order valence-electron chi connectivity index (χ0n) is 14.5. The van der Waals surface area contributed by atoms with Crippen molar-refractivity contribution in [1.82, 2.24) is 14.7 Å². The molecule has 0 aliphatic carbocycles. The number of hydrogen-bond donors (Lipinski definition) is 0. The number of nitrogens with zero attached hydrogens (tertiary/aromatic N) is 3. The van der Waals surface area contributed by atoms with Crippen LogP contribution in [0.5, 0.6) is 0 Å². The number of carbonyl (C=O) groups excluding carboxylic acids is 1. The van der Waals surface area contributed by atoms with Gasteiger partial charge in [0.1, 0.15) is 0 Å². The fraction of sp³-hybridized carbons (Fsp3) is 0.765. The van der Waals surface area contributed by atoms with Gasteiger partial charge in [0.15, 0.2) is 0 Å². The molecular weight excluding hydrogens is 294 g/mol. The van der Waals surface area contributed by atoms with Gasteiger partial charge >= 0.3 is 0 Å². The molecule has 2 aliphatic heterocycles. The molecule has 1 aromatic heterocycles. The van der Waals surface area contributed by atoms with Crippen LogP contribution in [0.2, 0.25) is 0 Å². The number of aromatic nitrogens is 2. The molecule has 3 heterocycles. The highest BCUT2D eigenvalue weighted by molar-refractivity contribution is 5.95. The van der Waals surface area contributed by atoms with Crippen molar-refractivity contribution < 1.29 is 14.3 Å². The number of amides is 1. The van der Waals surface area contributed by atoms with E-state index in [-0.39, 0.29) is 17.6 Å². The Bertz CT molecular complexity index is 576. The summed E-state index contributed by atoms with van der Waals surface area (Å²) in [6.45, 7) is 10.8. The Morgan fingerprint density at radius 1 is 1.35 bits per heavy atom. The number of rotatable bonds is 2. The highest BCUT2D eigenvalue weighted by Gasteiger charge is 2.38. The molecular formula is C17H27N3O3. The van der Waals surface area contributed by atoms with Crippen LogP contribution in [0.1, 0.15) is 55.7 Å². The minimum atomic E-state index is -0.295. The summed E-state index contributed by atoms with van der Waals surface area (Å²) in [7, 11) is 0. The minimum Gasteiger partial charge on any atom is -0.381 e. The van der Waals surface area contributed by atoms with Gasteiger partial charge in [-0.3, -0.25) is 9.48 Å². The van der Waals surface area contributed by atoms with Gasteiger partial charge in [0.2, 0.25) is 0 Å². The normalized spacial score (nSPS) is 25.6. The number of ether oxygens (including phenoxy) is 2. The van der Waals surface area contributed by atoms with E-state index < -0.39 is 0 Å². The van der Waals surface area contributed by atoms with Crippen LogP contribution in [-0.2, 0) is 9.47 Å². The molecule has 6 heteroatoms. The molecule has 0 saturated carbocycles. The van der Waals surface area contributed by atoms with E-state index >= 15 is 0 Å². The highest BCUT2D eigenvalue weighted by Crippen LogP contribution is 2.27. The van der Waals surface area contributed by atoms with Gasteiger partial charge in [-0.2, -0.15) is 5.10 Å². The predicted molar refractivity (Wildman–Crippen MR) is 86.6 cm³/mol. The first-order valence-electron chi connectivity index (χ1n) is 8.45. The molecule has 1 atom stereocenters. The summed E-state index contributed by atoms with van der Waals surface area (Å²) >= 11 is 0. The van der Waals surface area contributed by atoms with Crippen molar-refractivity contribution in [2.24, 2.45) is 0 Å². The average Bonchev–Trinajstić information content (AvgIpc) is 2.91. The van der Waals surface area contributed by atoms with Crippen molar-refractivity contribution in [3.63, 3.8) is 0 Å². The maximum absolute atomic E-state index is 13.1. The van der Waals surface area contributed by atoms with Crippen LogP contribution in [0.3, 0.4) is 0 Å². The second-order valence-corrected chi connectivity index (χ2v) is 7.28. The van der Waals surface area contributed by atoms with E-state index in [9.17, 15) is 4.79 Å². The van der Waals surface area contributed by atoms with E-state index in [1.54, 1.807) is 6.20 Å². The molecule has 1 aromatic rings. The van der Waals surface area contributed by atoms with Crippen molar-refractivity contribution in [2.75, 3.05) is 26.4 Å². The Morgan fingerprint density at radius 2 is 2.04 bits per heavy atom. The second-order valence-electron chi connectivity index (χ2n) is 7.28. The first-order chi connectivity index (χ1) is 10.9. The van der Waals surface area contributed by atoms with Crippen LogP contribution in [0.15, 0.2) is 6.20 Å². The van der Waals surface area contributed by atoms with Crippen LogP contribution in [-0.4, -0.2) is 58.6 Å². The quantitative estimate of drug-likeness (QED) is 0.838. The van der Waals surface area contributed by atoms with Crippen molar-refractivity contribution in [1.29, 1.82) is 0 Å². The molecule has 0 spiro atoms. The molecule has 2 saturated heterocycles. The summed E-state index contributed by atoms with van der Waals surface area (Å²) in [6.07, 6.45) is 3.70. The van der Waals surface area contributed by atoms with Gasteiger partial charge in [-0.1, -0.05) is 0 Å². The molecule has 2 fully saturated rings. The van der Waals surface area contributed by atoms with Gasteiger partial charge in [-0.15, -0.1) is 0 Å². The number of hydrogen-bond acceptors (Lipinski definition) is 4. The predicted octanol–water partition coefficient (Wildman–Crippen LogP) is 2.18. The monoisotopic (exact) mass is 321 g/mol. The third-order valence-electron chi connectivity index (χ3n) is 4.95. The molecule has 0 radical (unpaired) electrons. The summed E-state index contributed by atoms with van der Waals surface area (Å²) in [5.74, 6) is 0.0564. The molecule has 6 nitrogen and oxygen atoms in total. The van der Waals surface area contributed by atoms with Crippen LogP contribution in [0.4, 0.5) is 0 Å². The largest absolute Gasteiger partial charge is 0.381 e. The number of carbonyl (C=O) groups is 1. The molecule has 3 rings (SSSR count). The van der Waals surface area contributed by atoms with Crippen LogP contribution in [0.25, 0.3) is 0 Å². The van der Waals surface area contributed by atoms with E-state index in [1.807, 2.05) is 23.4 Å². The van der Waals surface area contributed by atoms with E-state index in [4.69, 9.17) is 9.47 Å². The van der Waals surface area contributed by atoms with E-state index in [1.165, 1.54) is 0 Å². The maximum Gasteiger partial charge on any atom is 0.257 e. The summed E-state index contributed by atoms with van der Waals surface area (Å²) in [6, 6.07) is 0.335. The highest BCUT2D eigenvalue weighted by atomic mass is 16.5. The zero-order chi connectivity index (χ0) is 16.6. The van der Waals surface area contributed by atoms with Crippen LogP contribution < -0.4 is 0 Å². The van der Waals surface area contributed by atoms with Gasteiger partial charge in [0.05, 0.1) is 36.1 Å². The van der Waals surface area contributed by atoms with Crippen molar-refractivity contribution in [3.05, 3.63) is 17.5 Å². The zero-order valence-corrected chi connectivity index (χ0v) is 14.5. The Balaban J connectivity index is 1.83. The van der Waals surface area contributed by atoms with Crippen molar-refractivity contribution in [3.8, 4) is 0 Å². The molecule has 1 unspecified atom stereocenters. The molecule has 0 bridgehead atoms. The fourth-order valence-corrected chi connectivity index (χ4v) is 3.42. The van der Waals surface area contributed by atoms with Gasteiger partial charge < -0.3 is 14.4 Å². The lowest BCUT2D eigenvalue weighted by atomic mass is 9.99. The standard InChI is InChI=1S/C17H27N3O3/c1-12-10-19(17(3,4)11-23-12)16(21)15-9-18-20(13(15)2)14-5-7-22-8-6-14/h9,12,14H,5-8,10-11H2,1-4H3. The fourth-order valence-electron chi connectivity index (χ4n) is 3.42. The summed E-state index contributed by atoms with van der Waals surface area (Å²) < 4.78 is 13.1. The topological polar surface area (TPSA) is 56.6 Å². The Kier molecular flexibility index (Phi) is 4.47. The Morgan fingerprint density at radius 3 is 2.74 bits per heavy atom. The van der Waals surface area contributed by atoms with Crippen molar-refractivity contribution >= 4 is 5.91 Å². The Hall–Kier alpha value is -1.40. The van der Waals surface area contributed by atoms with E-state index in [2.05, 4.69) is 18.9 Å². The van der Waals surface area contributed by atoms with E-state index in [0.29, 0.717) is 24.8 Å². The molecule has 2 aliphatic rings. The lowest BCUT2D eigenvalue weighted by Crippen LogP contribution is -2.57. The molecule has 128 valence electrons. The summed E-state index contributed by atoms with van der Waals surface area (Å²) in [5, 5.41) is 4.50. The van der Waals surface area contributed by atoms with Crippen LogP contribution in [0, 0.1) is 6.92 Å². The van der Waals surface area contributed by atoms with Crippen molar-refractivity contribution in [2.45, 2.75) is 58.2 Å². The van der Waals surface area contributed by atoms with Gasteiger partial charge in [0.25, 0.3) is 5.91 Å². The SMILES string of the molecule is Cc1c(C(=O)N2CC(C)OCC2(C)C)cnn1C1CCOCC1. The molecule has 1 amide bonds. The smallest absolute Gasteiger partial charge is 0.257 e. The lowest BCUT2D eigenvalue weighted by molar-refractivity contribution is -0.0756. The summed E-state index contributed by atoms with van der Waals surface area (Å²) in [4.78, 5) is 15.0. The molecule has 23 heavy (non-hydrogen) atoms. The lowest BCUT2D eigenvalue weighted by Gasteiger charge is -2.44. The summed E-state index contributed by atoms with van der Waals surface area (Å²) in [5.41, 5.74) is 1.37. The third kappa shape index (κ3) is 3.15. The maximum atomic E-state index is 13.1. The van der Waals surface area contributed by atoms with E-state index in [0.717, 1.165) is 31.7 Å². The number of morpholine rings is 1. The minimum absolute atomic E-state index is 0.0564. The Labute approximate surface area is 137 Å². The first kappa shape index (κ1) is 16.5. The van der Waals surface area contributed by atoms with Crippen LogP contribution >= 0.6 is 0 Å². The third-order valence-corrected chi connectivity index (χ3v) is 4.95. The molecule has 0 aromatic carbocycles. The second kappa shape index (κ2) is 6.24. The molecule has 0 N–H and O–H groups in total.